The molecule has 1 saturated heterocycles. The molecule has 0 aliphatic carbocycles. The Kier molecular flexibility index (Phi) is 8.57. The molecule has 1 aromatic heterocycles. The van der Waals surface area contributed by atoms with Gasteiger partial charge in [-0.1, -0.05) is 85.2 Å². The topological polar surface area (TPSA) is 71.7 Å². The van der Waals surface area contributed by atoms with Crippen molar-refractivity contribution >= 4 is 11.7 Å². The molecule has 7 nitrogen and oxygen atoms in total. The largest absolute Gasteiger partial charge is 0.421 e. The zero-order valence-corrected chi connectivity index (χ0v) is 25.8. The molecule has 4 aromatic carbocycles. The average Bonchev–Trinajstić information content (AvgIpc) is 3.48. The summed E-state index contributed by atoms with van der Waals surface area (Å²) in [7, 11) is 0. The van der Waals surface area contributed by atoms with Crippen LogP contribution < -0.4 is 9.64 Å². The maximum atomic E-state index is 13.7. The average molecular weight is 587 g/mol. The van der Waals surface area contributed by atoms with Gasteiger partial charge in [0.15, 0.2) is 11.6 Å². The molecule has 1 fully saturated rings. The van der Waals surface area contributed by atoms with Crippen LogP contribution in [0.3, 0.4) is 0 Å². The van der Waals surface area contributed by atoms with Crippen molar-refractivity contribution in [1.82, 2.24) is 15.0 Å². The highest BCUT2D eigenvalue weighted by Gasteiger charge is 2.23. The van der Waals surface area contributed by atoms with Crippen molar-refractivity contribution in [3.05, 3.63) is 119 Å². The van der Waals surface area contributed by atoms with E-state index in [-0.39, 0.29) is 5.97 Å². The van der Waals surface area contributed by atoms with Crippen molar-refractivity contribution in [2.24, 2.45) is 0 Å². The van der Waals surface area contributed by atoms with Gasteiger partial charge in [-0.25, -0.2) is 4.79 Å². The van der Waals surface area contributed by atoms with E-state index < -0.39 is 0 Å². The third-order valence-corrected chi connectivity index (χ3v) is 8.17. The maximum absolute atomic E-state index is 13.7. The minimum absolute atomic E-state index is 0.352. The van der Waals surface area contributed by atoms with E-state index in [9.17, 15) is 4.79 Å². The Bertz CT molecular complexity index is 1750. The lowest BCUT2D eigenvalue weighted by Gasteiger charge is -2.36. The Balaban J connectivity index is 1.14. The number of carbonyl (C=O) groups is 1. The van der Waals surface area contributed by atoms with Crippen molar-refractivity contribution in [1.29, 1.82) is 0 Å². The van der Waals surface area contributed by atoms with Gasteiger partial charge in [0.25, 0.3) is 5.89 Å². The summed E-state index contributed by atoms with van der Waals surface area (Å²) in [6.45, 7) is 12.5. The first-order chi connectivity index (χ1) is 21.3. The van der Waals surface area contributed by atoms with Gasteiger partial charge in [0, 0.05) is 38.3 Å². The summed E-state index contributed by atoms with van der Waals surface area (Å²) in [6, 6.07) is 30.5. The fourth-order valence-corrected chi connectivity index (χ4v) is 5.70. The summed E-state index contributed by atoms with van der Waals surface area (Å²) in [5, 5.41) is 3.91. The third-order valence-electron chi connectivity index (χ3n) is 8.17. The summed E-state index contributed by atoms with van der Waals surface area (Å²) in [4.78, 5) is 22.8. The quantitative estimate of drug-likeness (QED) is 0.136. The van der Waals surface area contributed by atoms with E-state index in [1.807, 2.05) is 62.4 Å². The number of aryl methyl sites for hydroxylation is 2. The van der Waals surface area contributed by atoms with Gasteiger partial charge in [-0.3, -0.25) is 4.90 Å². The lowest BCUT2D eigenvalue weighted by molar-refractivity contribution is 0.0736. The second-order valence-corrected chi connectivity index (χ2v) is 11.8. The van der Waals surface area contributed by atoms with Gasteiger partial charge >= 0.3 is 5.97 Å². The number of hydrogen-bond donors (Lipinski definition) is 0. The van der Waals surface area contributed by atoms with E-state index >= 15 is 0 Å². The summed E-state index contributed by atoms with van der Waals surface area (Å²) in [5.74, 6) is 1.85. The second-order valence-electron chi connectivity index (χ2n) is 11.8. The van der Waals surface area contributed by atoms with Gasteiger partial charge in [0.2, 0.25) is 0 Å². The number of aromatic nitrogens is 2. The number of ether oxygens (including phenoxy) is 1. The number of nitrogens with zero attached hydrogens (tertiary/aromatic N) is 4. The molecule has 1 aliphatic rings. The van der Waals surface area contributed by atoms with Crippen LogP contribution in [0.1, 0.15) is 52.6 Å². The molecule has 1 aliphatic heterocycles. The molecule has 0 atom stereocenters. The highest BCUT2D eigenvalue weighted by atomic mass is 16.5. The van der Waals surface area contributed by atoms with Crippen molar-refractivity contribution in [3.8, 4) is 28.3 Å². The number of rotatable bonds is 8. The number of hydrogen-bond acceptors (Lipinski definition) is 7. The Labute approximate surface area is 259 Å². The molecule has 0 bridgehead atoms. The Hall–Kier alpha value is -4.75. The van der Waals surface area contributed by atoms with E-state index in [4.69, 9.17) is 9.26 Å². The molecule has 0 spiro atoms. The zero-order valence-electron chi connectivity index (χ0n) is 25.8. The molecule has 224 valence electrons. The number of esters is 1. The van der Waals surface area contributed by atoms with Crippen molar-refractivity contribution in [2.75, 3.05) is 31.1 Å². The predicted octanol–water partition coefficient (Wildman–Crippen LogP) is 7.69. The molecular weight excluding hydrogens is 548 g/mol. The van der Waals surface area contributed by atoms with Gasteiger partial charge in [0.05, 0.1) is 11.3 Å². The fraction of sp³-hybridized carbons (Fsp3) is 0.270. The van der Waals surface area contributed by atoms with Crippen molar-refractivity contribution in [2.45, 2.75) is 40.2 Å². The maximum Gasteiger partial charge on any atom is 0.344 e. The van der Waals surface area contributed by atoms with Gasteiger partial charge in [-0.05, 0) is 72.4 Å². The van der Waals surface area contributed by atoms with Crippen LogP contribution in [0.15, 0.2) is 95.5 Å². The number of piperazine rings is 1. The van der Waals surface area contributed by atoms with Gasteiger partial charge < -0.3 is 14.2 Å². The zero-order chi connectivity index (χ0) is 30.6. The summed E-state index contributed by atoms with van der Waals surface area (Å²) in [6.07, 6.45) is 0. The molecule has 0 saturated carbocycles. The van der Waals surface area contributed by atoms with Crippen LogP contribution in [-0.4, -0.2) is 47.2 Å². The Morgan fingerprint density at radius 2 is 1.64 bits per heavy atom. The monoisotopic (exact) mass is 586 g/mol. The number of para-hydroxylation sites is 2. The van der Waals surface area contributed by atoms with Gasteiger partial charge in [0.1, 0.15) is 0 Å². The van der Waals surface area contributed by atoms with Crippen LogP contribution in [0.2, 0.25) is 0 Å². The second kappa shape index (κ2) is 12.9. The summed E-state index contributed by atoms with van der Waals surface area (Å²) < 4.78 is 11.5. The first kappa shape index (κ1) is 29.3. The first-order valence-electron chi connectivity index (χ1n) is 15.2. The van der Waals surface area contributed by atoms with E-state index in [1.165, 1.54) is 11.1 Å². The molecule has 6 rings (SSSR count). The van der Waals surface area contributed by atoms with E-state index in [1.54, 1.807) is 0 Å². The normalized spacial score (nSPS) is 13.8. The first-order valence-corrected chi connectivity index (χ1v) is 15.2. The highest BCUT2D eigenvalue weighted by molar-refractivity contribution is 5.99. The van der Waals surface area contributed by atoms with Crippen LogP contribution in [0.4, 0.5) is 5.69 Å². The molecular formula is C37H38N4O3. The molecule has 2 heterocycles. The predicted molar refractivity (Wildman–Crippen MR) is 174 cm³/mol. The molecule has 0 N–H and O–H groups in total. The minimum atomic E-state index is -0.352. The number of anilines is 1. The molecule has 44 heavy (non-hydrogen) atoms. The molecule has 0 radical (unpaired) electrons. The van der Waals surface area contributed by atoms with Crippen LogP contribution in [-0.2, 0) is 6.54 Å². The SMILES string of the molecule is Cc1ccc(C(=O)Oc2ccccc2N2CCN(Cc3cccc(-c4nc(C)no4)c3)CC2)c(-c2ccc(C(C)C)cc2)c1. The van der Waals surface area contributed by atoms with E-state index in [2.05, 4.69) is 76.3 Å². The van der Waals surface area contributed by atoms with Crippen LogP contribution in [0, 0.1) is 13.8 Å². The van der Waals surface area contributed by atoms with Crippen LogP contribution in [0.5, 0.6) is 5.75 Å². The Morgan fingerprint density at radius 1 is 0.864 bits per heavy atom. The molecule has 5 aromatic rings. The highest BCUT2D eigenvalue weighted by Crippen LogP contribution is 2.32. The van der Waals surface area contributed by atoms with E-state index in [0.29, 0.717) is 28.9 Å². The fourth-order valence-electron chi connectivity index (χ4n) is 5.70. The van der Waals surface area contributed by atoms with Crippen molar-refractivity contribution < 1.29 is 14.1 Å². The third kappa shape index (κ3) is 6.58. The van der Waals surface area contributed by atoms with Gasteiger partial charge in [-0.2, -0.15) is 4.98 Å². The number of benzene rings is 4. The lowest BCUT2D eigenvalue weighted by atomic mass is 9.95. The molecule has 0 unspecified atom stereocenters. The standard InChI is InChI=1S/C37H38N4O3/c1-25(2)29-13-15-30(16-14-29)33-22-26(3)12-17-32(33)37(42)43-35-11-6-5-10-34(35)41-20-18-40(19-21-41)24-28-8-7-9-31(23-28)36-38-27(4)39-44-36/h5-17,22-23,25H,18-21,24H2,1-4H3. The summed E-state index contributed by atoms with van der Waals surface area (Å²) in [5.41, 5.74) is 7.89. The number of carbonyl (C=O) groups excluding carboxylic acids is 1. The van der Waals surface area contributed by atoms with Crippen LogP contribution >= 0.6 is 0 Å². The van der Waals surface area contributed by atoms with Crippen LogP contribution in [0.25, 0.3) is 22.6 Å². The lowest BCUT2D eigenvalue weighted by Crippen LogP contribution is -2.46. The van der Waals surface area contributed by atoms with Crippen molar-refractivity contribution in [3.63, 3.8) is 0 Å². The Morgan fingerprint density at radius 3 is 2.36 bits per heavy atom. The van der Waals surface area contributed by atoms with E-state index in [0.717, 1.165) is 60.7 Å². The summed E-state index contributed by atoms with van der Waals surface area (Å²) >= 11 is 0. The smallest absolute Gasteiger partial charge is 0.344 e. The van der Waals surface area contributed by atoms with Gasteiger partial charge in [-0.15, -0.1) is 0 Å². The molecule has 7 heteroatoms. The molecule has 0 amide bonds. The minimum Gasteiger partial charge on any atom is -0.421 e.